The molecule has 0 radical (unpaired) electrons. The van der Waals surface area contributed by atoms with E-state index in [1.807, 2.05) is 0 Å². The van der Waals surface area contributed by atoms with E-state index in [1.165, 1.54) is 38.5 Å². The van der Waals surface area contributed by atoms with Crippen molar-refractivity contribution in [2.24, 2.45) is 0 Å². The summed E-state index contributed by atoms with van der Waals surface area (Å²) < 4.78 is 16.5. The van der Waals surface area contributed by atoms with Gasteiger partial charge in [-0.1, -0.05) is 144 Å². The Bertz CT molecular complexity index is 1080. The Morgan fingerprint density at radius 2 is 0.811 bits per heavy atom. The second-order valence-electron chi connectivity index (χ2n) is 13.5. The predicted octanol–water partition coefficient (Wildman–Crippen LogP) is 13.3. The van der Waals surface area contributed by atoms with E-state index in [9.17, 15) is 14.4 Å². The van der Waals surface area contributed by atoms with Crippen molar-refractivity contribution in [3.05, 3.63) is 85.1 Å². The molecule has 0 aromatic carbocycles. The van der Waals surface area contributed by atoms with Gasteiger partial charge >= 0.3 is 17.9 Å². The van der Waals surface area contributed by atoms with Crippen molar-refractivity contribution in [1.29, 1.82) is 0 Å². The van der Waals surface area contributed by atoms with Gasteiger partial charge in [0.2, 0.25) is 0 Å². The lowest BCUT2D eigenvalue weighted by Gasteiger charge is -2.18. The fourth-order valence-corrected chi connectivity index (χ4v) is 5.26. The van der Waals surface area contributed by atoms with Crippen LogP contribution in [0, 0.1) is 0 Å². The molecule has 53 heavy (non-hydrogen) atoms. The zero-order valence-electron chi connectivity index (χ0n) is 34.0. The molecule has 0 aromatic heterocycles. The van der Waals surface area contributed by atoms with Gasteiger partial charge in [0.05, 0.1) is 0 Å². The molecule has 0 bridgehead atoms. The van der Waals surface area contributed by atoms with E-state index in [-0.39, 0.29) is 37.5 Å². The fraction of sp³-hybridized carbons (Fsp3) is 0.638. The fourth-order valence-electron chi connectivity index (χ4n) is 5.26. The zero-order chi connectivity index (χ0) is 38.7. The van der Waals surface area contributed by atoms with Crippen LogP contribution in [-0.2, 0) is 28.6 Å². The lowest BCUT2D eigenvalue weighted by molar-refractivity contribution is -0.167. The Morgan fingerprint density at radius 3 is 1.36 bits per heavy atom. The van der Waals surface area contributed by atoms with Crippen molar-refractivity contribution < 1.29 is 28.6 Å². The number of rotatable bonds is 36. The second kappa shape index (κ2) is 41.3. The molecule has 0 saturated carbocycles. The number of hydrogen-bond acceptors (Lipinski definition) is 6. The first kappa shape index (κ1) is 49.6. The Balaban J connectivity index is 4.48. The summed E-state index contributed by atoms with van der Waals surface area (Å²) in [6, 6.07) is 0. The highest BCUT2D eigenvalue weighted by atomic mass is 16.6. The maximum Gasteiger partial charge on any atom is 0.306 e. The summed E-state index contributed by atoms with van der Waals surface area (Å²) in [4.78, 5) is 37.5. The number of hydrogen-bond donors (Lipinski definition) is 0. The van der Waals surface area contributed by atoms with Gasteiger partial charge in [0.15, 0.2) is 6.10 Å². The summed E-state index contributed by atoms with van der Waals surface area (Å²) in [5, 5.41) is 0. The van der Waals surface area contributed by atoms with Crippen LogP contribution in [0.1, 0.15) is 175 Å². The molecule has 6 nitrogen and oxygen atoms in total. The smallest absolute Gasteiger partial charge is 0.306 e. The van der Waals surface area contributed by atoms with E-state index in [0.29, 0.717) is 19.3 Å². The second-order valence-corrected chi connectivity index (χ2v) is 13.5. The lowest BCUT2D eigenvalue weighted by Crippen LogP contribution is -2.30. The lowest BCUT2D eigenvalue weighted by atomic mass is 10.1. The molecule has 0 rings (SSSR count). The van der Waals surface area contributed by atoms with Crippen LogP contribution < -0.4 is 0 Å². The Labute approximate surface area is 325 Å². The van der Waals surface area contributed by atoms with E-state index in [2.05, 4.69) is 106 Å². The van der Waals surface area contributed by atoms with Crippen molar-refractivity contribution >= 4 is 17.9 Å². The number of carbonyl (C=O) groups excluding carboxylic acids is 3. The van der Waals surface area contributed by atoms with Gasteiger partial charge in [-0.25, -0.2) is 0 Å². The quantitative estimate of drug-likeness (QED) is 0.0209. The van der Waals surface area contributed by atoms with E-state index >= 15 is 0 Å². The Morgan fingerprint density at radius 1 is 0.415 bits per heavy atom. The highest BCUT2D eigenvalue weighted by molar-refractivity contribution is 5.71. The molecule has 0 aliphatic heterocycles. The number of allylic oxidation sites excluding steroid dienone is 14. The third kappa shape index (κ3) is 39.6. The minimum Gasteiger partial charge on any atom is -0.462 e. The van der Waals surface area contributed by atoms with E-state index in [0.717, 1.165) is 89.9 Å². The highest BCUT2D eigenvalue weighted by Gasteiger charge is 2.19. The molecule has 0 spiro atoms. The van der Waals surface area contributed by atoms with Crippen molar-refractivity contribution in [2.75, 3.05) is 13.2 Å². The molecule has 1 atom stereocenters. The average Bonchev–Trinajstić information content (AvgIpc) is 3.15. The first-order valence-electron chi connectivity index (χ1n) is 21.1. The van der Waals surface area contributed by atoms with E-state index in [1.54, 1.807) is 0 Å². The Kier molecular flexibility index (Phi) is 38.7. The largest absolute Gasteiger partial charge is 0.462 e. The van der Waals surface area contributed by atoms with Crippen LogP contribution in [0.15, 0.2) is 85.1 Å². The van der Waals surface area contributed by atoms with Crippen LogP contribution in [0.25, 0.3) is 0 Å². The van der Waals surface area contributed by atoms with E-state index < -0.39 is 6.10 Å². The molecule has 0 aliphatic rings. The topological polar surface area (TPSA) is 78.9 Å². The molecule has 0 amide bonds. The first-order valence-corrected chi connectivity index (χ1v) is 21.1. The van der Waals surface area contributed by atoms with Crippen molar-refractivity contribution in [1.82, 2.24) is 0 Å². The number of ether oxygens (including phenoxy) is 3. The van der Waals surface area contributed by atoms with Gasteiger partial charge in [-0.05, 0) is 96.3 Å². The molecule has 0 aliphatic carbocycles. The Hall–Kier alpha value is -3.41. The first-order chi connectivity index (χ1) is 26.0. The standard InChI is InChI=1S/C47H76O6/c1-4-7-10-13-16-19-21-22-23-24-26-28-31-34-37-40-46(49)52-43-44(42-51-45(48)39-36-33-30-27-18-15-12-9-6-3)53-47(50)41-38-35-32-29-25-20-17-14-11-8-5-2/h8-9,11-12,16-22,27,29,32,44H,4-7,10,13-15,23-26,28,30-31,33-43H2,1-3H3/b11-8-,12-9-,19-16-,20-17-,22-21-,27-18-,32-29-. The predicted molar refractivity (Wildman–Crippen MR) is 224 cm³/mol. The number of carbonyl (C=O) groups is 3. The molecule has 0 aromatic rings. The van der Waals surface area contributed by atoms with Gasteiger partial charge < -0.3 is 14.2 Å². The minimum absolute atomic E-state index is 0.115. The molecule has 0 fully saturated rings. The number of esters is 3. The monoisotopic (exact) mass is 737 g/mol. The maximum atomic E-state index is 12.6. The molecular weight excluding hydrogens is 661 g/mol. The van der Waals surface area contributed by atoms with Crippen molar-refractivity contribution in [3.8, 4) is 0 Å². The van der Waals surface area contributed by atoms with Crippen LogP contribution in [-0.4, -0.2) is 37.2 Å². The maximum absolute atomic E-state index is 12.6. The third-order valence-corrected chi connectivity index (χ3v) is 8.39. The highest BCUT2D eigenvalue weighted by Crippen LogP contribution is 2.11. The summed E-state index contributed by atoms with van der Waals surface area (Å²) in [5.41, 5.74) is 0. The summed E-state index contributed by atoms with van der Waals surface area (Å²) in [7, 11) is 0. The summed E-state index contributed by atoms with van der Waals surface area (Å²) >= 11 is 0. The molecule has 0 heterocycles. The van der Waals surface area contributed by atoms with Gasteiger partial charge in [0.25, 0.3) is 0 Å². The number of unbranched alkanes of at least 4 members (excludes halogenated alkanes) is 12. The van der Waals surface area contributed by atoms with E-state index in [4.69, 9.17) is 14.2 Å². The van der Waals surface area contributed by atoms with Gasteiger partial charge in [0, 0.05) is 19.3 Å². The van der Waals surface area contributed by atoms with Crippen LogP contribution in [0.3, 0.4) is 0 Å². The molecule has 0 saturated heterocycles. The molecule has 6 heteroatoms. The SMILES string of the molecule is CC/C=C\C/C=C\C/C=C\CCCC(=O)OC(COC(=O)CCCC/C=C\C/C=C\CC)COC(=O)CCCCCCCC/C=C\C=C/CCCCC. The van der Waals surface area contributed by atoms with Gasteiger partial charge in [-0.3, -0.25) is 14.4 Å². The minimum atomic E-state index is -0.817. The summed E-state index contributed by atoms with van der Waals surface area (Å²) in [6.07, 6.45) is 51.6. The van der Waals surface area contributed by atoms with Crippen molar-refractivity contribution in [3.63, 3.8) is 0 Å². The van der Waals surface area contributed by atoms with Crippen LogP contribution in [0.5, 0.6) is 0 Å². The van der Waals surface area contributed by atoms with Crippen LogP contribution in [0.2, 0.25) is 0 Å². The molecular formula is C47H76O6. The van der Waals surface area contributed by atoms with Crippen LogP contribution in [0.4, 0.5) is 0 Å². The third-order valence-electron chi connectivity index (χ3n) is 8.39. The normalized spacial score (nSPS) is 12.9. The molecule has 1 unspecified atom stereocenters. The summed E-state index contributed by atoms with van der Waals surface area (Å²) in [6.45, 7) is 6.24. The summed E-state index contributed by atoms with van der Waals surface area (Å²) in [5.74, 6) is -1.03. The van der Waals surface area contributed by atoms with Crippen LogP contribution >= 0.6 is 0 Å². The van der Waals surface area contributed by atoms with Gasteiger partial charge in [-0.2, -0.15) is 0 Å². The van der Waals surface area contributed by atoms with Gasteiger partial charge in [-0.15, -0.1) is 0 Å². The van der Waals surface area contributed by atoms with Gasteiger partial charge in [0.1, 0.15) is 13.2 Å². The zero-order valence-corrected chi connectivity index (χ0v) is 34.0. The molecule has 300 valence electrons. The average molecular weight is 737 g/mol. The van der Waals surface area contributed by atoms with Crippen molar-refractivity contribution in [2.45, 2.75) is 181 Å². The molecule has 0 N–H and O–H groups in total.